The van der Waals surface area contributed by atoms with Gasteiger partial charge in [-0.25, -0.2) is 9.97 Å². The third-order valence-corrected chi connectivity index (χ3v) is 6.25. The number of amides is 1. The zero-order valence-electron chi connectivity index (χ0n) is 15.9. The quantitative estimate of drug-likeness (QED) is 0.892. The van der Waals surface area contributed by atoms with Crippen LogP contribution in [0, 0.1) is 0 Å². The SMILES string of the molecule is C[C@H]1CCCCN1CC(=O)N1CCc2nc([C@H]3CCCNC3)ncc2C1. The average Bonchev–Trinajstić information content (AvgIpc) is 2.69. The maximum Gasteiger partial charge on any atom is 0.237 e. The van der Waals surface area contributed by atoms with Gasteiger partial charge in [0, 0.05) is 49.8 Å². The standard InChI is InChI=1S/C20H31N5O/c1-15-5-2-3-9-24(15)14-19(26)25-10-7-18-17(13-25)12-22-20(23-18)16-6-4-8-21-11-16/h12,15-16,21H,2-11,13-14H2,1H3/t15-,16-/m0/s1. The summed E-state index contributed by atoms with van der Waals surface area (Å²) in [6.07, 6.45) is 8.91. The molecule has 3 aliphatic heterocycles. The Kier molecular flexibility index (Phi) is 5.50. The molecule has 0 aromatic carbocycles. The first kappa shape index (κ1) is 17.9. The van der Waals surface area contributed by atoms with Crippen LogP contribution in [0.4, 0.5) is 0 Å². The number of carbonyl (C=O) groups is 1. The van der Waals surface area contributed by atoms with E-state index in [-0.39, 0.29) is 5.91 Å². The predicted molar refractivity (Wildman–Crippen MR) is 101 cm³/mol. The first-order valence-corrected chi connectivity index (χ1v) is 10.3. The lowest BCUT2D eigenvalue weighted by Gasteiger charge is -2.35. The molecule has 0 spiro atoms. The lowest BCUT2D eigenvalue weighted by Crippen LogP contribution is -2.47. The largest absolute Gasteiger partial charge is 0.337 e. The number of carbonyl (C=O) groups excluding carboxylic acids is 1. The second kappa shape index (κ2) is 8.01. The fraction of sp³-hybridized carbons (Fsp3) is 0.750. The predicted octanol–water partition coefficient (Wildman–Crippen LogP) is 1.70. The summed E-state index contributed by atoms with van der Waals surface area (Å²) >= 11 is 0. The van der Waals surface area contributed by atoms with Crippen LogP contribution < -0.4 is 5.32 Å². The van der Waals surface area contributed by atoms with E-state index in [0.29, 0.717) is 25.0 Å². The number of aromatic nitrogens is 2. The molecule has 2 saturated heterocycles. The molecule has 1 aromatic rings. The molecular weight excluding hydrogens is 326 g/mol. The lowest BCUT2D eigenvalue weighted by atomic mass is 9.98. The fourth-order valence-corrected chi connectivity index (χ4v) is 4.48. The van der Waals surface area contributed by atoms with E-state index >= 15 is 0 Å². The molecule has 6 nitrogen and oxygen atoms in total. The van der Waals surface area contributed by atoms with Crippen LogP contribution >= 0.6 is 0 Å². The zero-order valence-corrected chi connectivity index (χ0v) is 15.9. The van der Waals surface area contributed by atoms with Crippen molar-refractivity contribution in [1.82, 2.24) is 25.1 Å². The Morgan fingerprint density at radius 3 is 3.00 bits per heavy atom. The number of nitrogens with one attached hydrogen (secondary N) is 1. The van der Waals surface area contributed by atoms with E-state index in [1.165, 1.54) is 32.1 Å². The summed E-state index contributed by atoms with van der Waals surface area (Å²) in [6.45, 7) is 7.40. The van der Waals surface area contributed by atoms with Crippen LogP contribution in [0.15, 0.2) is 6.20 Å². The van der Waals surface area contributed by atoms with Crippen LogP contribution in [0.5, 0.6) is 0 Å². The van der Waals surface area contributed by atoms with Crippen LogP contribution in [0.25, 0.3) is 0 Å². The third kappa shape index (κ3) is 3.91. The van der Waals surface area contributed by atoms with Crippen molar-refractivity contribution in [2.75, 3.05) is 32.7 Å². The highest BCUT2D eigenvalue weighted by Crippen LogP contribution is 2.24. The van der Waals surface area contributed by atoms with Gasteiger partial charge in [0.2, 0.25) is 5.91 Å². The molecule has 4 rings (SSSR count). The van der Waals surface area contributed by atoms with E-state index in [1.54, 1.807) is 0 Å². The molecule has 6 heteroatoms. The van der Waals surface area contributed by atoms with Crippen molar-refractivity contribution in [2.24, 2.45) is 0 Å². The molecule has 1 N–H and O–H groups in total. The van der Waals surface area contributed by atoms with Gasteiger partial charge in [-0.05, 0) is 45.7 Å². The Bertz CT molecular complexity index is 643. The van der Waals surface area contributed by atoms with Gasteiger partial charge in [0.1, 0.15) is 5.82 Å². The maximum absolute atomic E-state index is 12.8. The van der Waals surface area contributed by atoms with E-state index in [0.717, 1.165) is 49.7 Å². The van der Waals surface area contributed by atoms with Crippen LogP contribution in [-0.4, -0.2) is 64.4 Å². The summed E-state index contributed by atoms with van der Waals surface area (Å²) in [5.41, 5.74) is 2.28. The highest BCUT2D eigenvalue weighted by Gasteiger charge is 2.27. The lowest BCUT2D eigenvalue weighted by molar-refractivity contribution is -0.134. The van der Waals surface area contributed by atoms with Crippen LogP contribution in [-0.2, 0) is 17.8 Å². The molecule has 0 unspecified atom stereocenters. The van der Waals surface area contributed by atoms with E-state index in [1.807, 2.05) is 11.1 Å². The number of rotatable bonds is 3. The van der Waals surface area contributed by atoms with Gasteiger partial charge >= 0.3 is 0 Å². The van der Waals surface area contributed by atoms with Crippen molar-refractivity contribution in [2.45, 2.75) is 64.0 Å². The molecule has 2 fully saturated rings. The van der Waals surface area contributed by atoms with Crippen molar-refractivity contribution in [3.05, 3.63) is 23.3 Å². The van der Waals surface area contributed by atoms with Crippen molar-refractivity contribution in [3.8, 4) is 0 Å². The highest BCUT2D eigenvalue weighted by atomic mass is 16.2. The molecule has 0 bridgehead atoms. The topological polar surface area (TPSA) is 61.4 Å². The van der Waals surface area contributed by atoms with Gasteiger partial charge in [0.25, 0.3) is 0 Å². The summed E-state index contributed by atoms with van der Waals surface area (Å²) in [6, 6.07) is 0.528. The molecule has 0 aliphatic carbocycles. The van der Waals surface area contributed by atoms with Crippen molar-refractivity contribution in [3.63, 3.8) is 0 Å². The van der Waals surface area contributed by atoms with Crippen molar-refractivity contribution >= 4 is 5.91 Å². The van der Waals surface area contributed by atoms with Gasteiger partial charge in [-0.2, -0.15) is 0 Å². The second-order valence-electron chi connectivity index (χ2n) is 8.12. The third-order valence-electron chi connectivity index (χ3n) is 6.25. The molecule has 26 heavy (non-hydrogen) atoms. The Hall–Kier alpha value is -1.53. The fourth-order valence-electron chi connectivity index (χ4n) is 4.48. The molecule has 2 atom stereocenters. The van der Waals surface area contributed by atoms with Gasteiger partial charge in [0.15, 0.2) is 0 Å². The Morgan fingerprint density at radius 1 is 1.27 bits per heavy atom. The van der Waals surface area contributed by atoms with Crippen LogP contribution in [0.1, 0.15) is 62.0 Å². The van der Waals surface area contributed by atoms with Crippen LogP contribution in [0.3, 0.4) is 0 Å². The van der Waals surface area contributed by atoms with Gasteiger partial charge in [-0.1, -0.05) is 6.42 Å². The molecule has 142 valence electrons. The Labute approximate surface area is 156 Å². The second-order valence-corrected chi connectivity index (χ2v) is 8.12. The summed E-state index contributed by atoms with van der Waals surface area (Å²) < 4.78 is 0. The molecule has 4 heterocycles. The van der Waals surface area contributed by atoms with Crippen molar-refractivity contribution < 1.29 is 4.79 Å². The van der Waals surface area contributed by atoms with E-state index in [4.69, 9.17) is 4.98 Å². The summed E-state index contributed by atoms with van der Waals surface area (Å²) in [7, 11) is 0. The number of hydrogen-bond donors (Lipinski definition) is 1. The first-order valence-electron chi connectivity index (χ1n) is 10.3. The molecule has 0 saturated carbocycles. The van der Waals surface area contributed by atoms with Crippen molar-refractivity contribution in [1.29, 1.82) is 0 Å². The number of piperidine rings is 2. The minimum absolute atomic E-state index is 0.255. The summed E-state index contributed by atoms with van der Waals surface area (Å²) in [4.78, 5) is 26.6. The zero-order chi connectivity index (χ0) is 17.9. The van der Waals surface area contributed by atoms with E-state index < -0.39 is 0 Å². The van der Waals surface area contributed by atoms with Gasteiger partial charge in [-0.15, -0.1) is 0 Å². The number of fused-ring (bicyclic) bond motifs is 1. The summed E-state index contributed by atoms with van der Waals surface area (Å²) in [5.74, 6) is 1.68. The first-order chi connectivity index (χ1) is 12.7. The Balaban J connectivity index is 1.38. The average molecular weight is 358 g/mol. The smallest absolute Gasteiger partial charge is 0.237 e. The number of hydrogen-bond acceptors (Lipinski definition) is 5. The highest BCUT2D eigenvalue weighted by molar-refractivity contribution is 5.78. The molecule has 1 aromatic heterocycles. The molecule has 1 amide bonds. The normalized spacial score (nSPS) is 27.2. The number of nitrogens with zero attached hydrogens (tertiary/aromatic N) is 4. The van der Waals surface area contributed by atoms with Gasteiger partial charge in [0.05, 0.1) is 12.2 Å². The minimum Gasteiger partial charge on any atom is -0.337 e. The Morgan fingerprint density at radius 2 is 2.19 bits per heavy atom. The number of likely N-dealkylation sites (tertiary alicyclic amines) is 1. The van der Waals surface area contributed by atoms with Gasteiger partial charge < -0.3 is 10.2 Å². The van der Waals surface area contributed by atoms with E-state index in [9.17, 15) is 4.79 Å². The summed E-state index contributed by atoms with van der Waals surface area (Å²) in [5, 5.41) is 3.44. The van der Waals surface area contributed by atoms with E-state index in [2.05, 4.69) is 22.1 Å². The molecular formula is C20H31N5O. The minimum atomic E-state index is 0.255. The van der Waals surface area contributed by atoms with Gasteiger partial charge in [-0.3, -0.25) is 9.69 Å². The molecule has 0 radical (unpaired) electrons. The van der Waals surface area contributed by atoms with Crippen LogP contribution in [0.2, 0.25) is 0 Å². The monoisotopic (exact) mass is 357 g/mol. The molecule has 3 aliphatic rings. The maximum atomic E-state index is 12.8.